The highest BCUT2D eigenvalue weighted by Gasteiger charge is 2.39. The number of pyridine rings is 2. The zero-order valence-electron chi connectivity index (χ0n) is 23.8. The second-order valence-electron chi connectivity index (χ2n) is 11.2. The second-order valence-corrected chi connectivity index (χ2v) is 18.6. The lowest BCUT2D eigenvalue weighted by molar-refractivity contribution is -0.137. The topological polar surface area (TPSA) is 94.4 Å². The van der Waals surface area contributed by atoms with Gasteiger partial charge < -0.3 is 8.97 Å². The second kappa shape index (κ2) is 11.1. The smallest absolute Gasteiger partial charge is 0.363 e. The van der Waals surface area contributed by atoms with Crippen LogP contribution in [0.25, 0.3) is 11.0 Å². The summed E-state index contributed by atoms with van der Waals surface area (Å²) in [7, 11) is -5.60. The van der Waals surface area contributed by atoms with E-state index in [0.717, 1.165) is 18.2 Å². The van der Waals surface area contributed by atoms with Crippen LogP contribution in [-0.2, 0) is 20.9 Å². The van der Waals surface area contributed by atoms with Crippen LogP contribution in [0.15, 0.2) is 66.0 Å². The van der Waals surface area contributed by atoms with Crippen molar-refractivity contribution < 1.29 is 31.1 Å². The lowest BCUT2D eigenvalue weighted by Crippen LogP contribution is -2.45. The largest absolute Gasteiger partial charge is 0.416 e. The molecule has 0 aliphatic carbocycles. The van der Waals surface area contributed by atoms with Crippen LogP contribution in [0.3, 0.4) is 0 Å². The molecule has 1 aromatic carbocycles. The fourth-order valence-electron chi connectivity index (χ4n) is 4.32. The lowest BCUT2D eigenvalue weighted by Gasteiger charge is -2.38. The Morgan fingerprint density at radius 2 is 1.79 bits per heavy atom. The number of anilines is 1. The summed E-state index contributed by atoms with van der Waals surface area (Å²) in [6.07, 6.45) is -0.179. The monoisotopic (exact) mass is 638 g/mol. The van der Waals surface area contributed by atoms with Gasteiger partial charge >= 0.3 is 6.18 Å². The van der Waals surface area contributed by atoms with Crippen molar-refractivity contribution in [3.8, 4) is 0 Å². The van der Waals surface area contributed by atoms with Crippen molar-refractivity contribution in [2.24, 2.45) is 0 Å². The minimum Gasteiger partial charge on any atom is -0.363 e. The maximum atomic E-state index is 14.1. The van der Waals surface area contributed by atoms with Crippen molar-refractivity contribution in [3.63, 3.8) is 0 Å². The number of hydrogen-bond donors (Lipinski definition) is 0. The fourth-order valence-corrected chi connectivity index (χ4v) is 7.77. The van der Waals surface area contributed by atoms with Crippen LogP contribution in [0.1, 0.15) is 42.4 Å². The molecule has 0 bridgehead atoms. The number of fused-ring (bicyclic) bond motifs is 1. The first-order valence-corrected chi connectivity index (χ1v) is 17.5. The Kier molecular flexibility index (Phi) is 8.37. The number of benzene rings is 1. The molecule has 14 heteroatoms. The van der Waals surface area contributed by atoms with Crippen LogP contribution in [-0.4, -0.2) is 50.5 Å². The lowest BCUT2D eigenvalue weighted by atomic mass is 10.0. The van der Waals surface area contributed by atoms with Crippen LogP contribution in [0.2, 0.25) is 23.2 Å². The Balaban J connectivity index is 1.89. The molecule has 224 valence electrons. The molecule has 0 unspecified atom stereocenters. The van der Waals surface area contributed by atoms with E-state index in [9.17, 15) is 26.4 Å². The van der Waals surface area contributed by atoms with E-state index in [2.05, 4.69) is 48.1 Å². The molecule has 0 aliphatic heterocycles. The molecule has 0 fully saturated rings. The van der Waals surface area contributed by atoms with E-state index in [0.29, 0.717) is 21.4 Å². The molecule has 0 spiro atoms. The zero-order chi connectivity index (χ0) is 31.3. The molecule has 4 aromatic rings. The average Bonchev–Trinajstić information content (AvgIpc) is 3.35. The molecule has 0 amide bonds. The summed E-state index contributed by atoms with van der Waals surface area (Å²) in [4.78, 5) is 22.1. The van der Waals surface area contributed by atoms with E-state index in [-0.39, 0.29) is 27.0 Å². The molecule has 3 heterocycles. The van der Waals surface area contributed by atoms with Gasteiger partial charge in [0, 0.05) is 30.5 Å². The number of aromatic nitrogens is 3. The molecular formula is C28H30ClF3N4O4SSi. The van der Waals surface area contributed by atoms with E-state index in [1.165, 1.54) is 31.6 Å². The highest BCUT2D eigenvalue weighted by atomic mass is 35.5. The minimum absolute atomic E-state index is 0.00542. The molecule has 0 radical (unpaired) electrons. The first kappa shape index (κ1) is 31.7. The van der Waals surface area contributed by atoms with Crippen molar-refractivity contribution in [3.05, 3.63) is 82.9 Å². The Morgan fingerprint density at radius 3 is 2.40 bits per heavy atom. The molecule has 3 aromatic heterocycles. The predicted octanol–water partition coefficient (Wildman–Crippen LogP) is 6.99. The van der Waals surface area contributed by atoms with Gasteiger partial charge in [-0.05, 0) is 47.6 Å². The third-order valence-electron chi connectivity index (χ3n) is 7.58. The number of sulfonamides is 1. The van der Waals surface area contributed by atoms with Gasteiger partial charge in [-0.25, -0.2) is 22.7 Å². The highest BCUT2D eigenvalue weighted by molar-refractivity contribution is 7.92. The normalized spacial score (nSPS) is 13.0. The summed E-state index contributed by atoms with van der Waals surface area (Å²) in [6, 6.07) is 7.83. The number of hydrogen-bond acceptors (Lipinski definition) is 6. The van der Waals surface area contributed by atoms with Crippen LogP contribution in [0, 0.1) is 0 Å². The molecule has 42 heavy (non-hydrogen) atoms. The Labute approximate surface area is 248 Å². The number of rotatable bonds is 8. The third-order valence-corrected chi connectivity index (χ3v) is 14.8. The van der Waals surface area contributed by atoms with Gasteiger partial charge in [-0.3, -0.25) is 4.79 Å². The fraction of sp³-hybridized carbons (Fsp3) is 0.321. The third kappa shape index (κ3) is 5.70. The van der Waals surface area contributed by atoms with Crippen LogP contribution in [0.5, 0.6) is 0 Å². The van der Waals surface area contributed by atoms with E-state index < -0.39 is 47.4 Å². The number of carbonyl (C=O) groups is 1. The van der Waals surface area contributed by atoms with Crippen LogP contribution < -0.4 is 4.31 Å². The molecular weight excluding hydrogens is 609 g/mol. The Bertz CT molecular complexity index is 1770. The molecule has 0 saturated carbocycles. The summed E-state index contributed by atoms with van der Waals surface area (Å²) >= 11 is 6.19. The number of ether oxygens (including phenoxy) is 1. The van der Waals surface area contributed by atoms with Crippen molar-refractivity contribution in [1.82, 2.24) is 14.2 Å². The quantitative estimate of drug-likeness (QED) is 0.117. The van der Waals surface area contributed by atoms with Crippen molar-refractivity contribution in [2.75, 3.05) is 18.1 Å². The first-order chi connectivity index (χ1) is 19.4. The van der Waals surface area contributed by atoms with Gasteiger partial charge in [0.1, 0.15) is 18.1 Å². The van der Waals surface area contributed by atoms with Gasteiger partial charge in [0.2, 0.25) is 5.78 Å². The number of methoxy groups -OCH3 is 1. The summed E-state index contributed by atoms with van der Waals surface area (Å²) in [5.41, 5.74) is -0.845. The van der Waals surface area contributed by atoms with Crippen LogP contribution >= 0.6 is 11.6 Å². The zero-order valence-corrected chi connectivity index (χ0v) is 26.4. The maximum absolute atomic E-state index is 14.1. The first-order valence-electron chi connectivity index (χ1n) is 12.8. The number of ketones is 1. The Hall–Kier alpha value is -3.26. The summed E-state index contributed by atoms with van der Waals surface area (Å²) in [5.74, 6) is -0.623. The van der Waals surface area contributed by atoms with Crippen molar-refractivity contribution >= 4 is 52.4 Å². The summed E-state index contributed by atoms with van der Waals surface area (Å²) in [6.45, 7) is 10.2. The molecule has 0 N–H and O–H groups in total. The number of halogens is 4. The van der Waals surface area contributed by atoms with Gasteiger partial charge in [0.05, 0.1) is 21.2 Å². The molecule has 0 aliphatic rings. The number of nitrogens with zero attached hydrogens (tertiary/aromatic N) is 4. The molecule has 4 rings (SSSR count). The Morgan fingerprint density at radius 1 is 1.10 bits per heavy atom. The summed E-state index contributed by atoms with van der Waals surface area (Å²) < 4.78 is 75.6. The number of alkyl halides is 3. The maximum Gasteiger partial charge on any atom is 0.416 e. The molecule has 8 nitrogen and oxygen atoms in total. The van der Waals surface area contributed by atoms with Gasteiger partial charge in [0.25, 0.3) is 10.0 Å². The minimum atomic E-state index is -4.77. The van der Waals surface area contributed by atoms with Crippen molar-refractivity contribution in [2.45, 2.75) is 50.0 Å². The van der Waals surface area contributed by atoms with Crippen LogP contribution in [0.4, 0.5) is 18.9 Å². The van der Waals surface area contributed by atoms with Crippen molar-refractivity contribution in [1.29, 1.82) is 0 Å². The highest BCUT2D eigenvalue weighted by Crippen LogP contribution is 2.39. The van der Waals surface area contributed by atoms with Gasteiger partial charge in [-0.1, -0.05) is 51.5 Å². The van der Waals surface area contributed by atoms with E-state index >= 15 is 0 Å². The number of carbonyl (C=O) groups excluding carboxylic acids is 1. The van der Waals surface area contributed by atoms with Gasteiger partial charge in [0.15, 0.2) is 8.24 Å². The molecule has 0 atom stereocenters. The SMILES string of the molecule is COCN(c1cc(Cl)cnc1C(=O)c1ccnc2c1ccn2[Si](C)(C)C(C)(C)C)S(=O)(=O)c1cccc(C(F)(F)F)c1. The predicted molar refractivity (Wildman–Crippen MR) is 158 cm³/mol. The van der Waals surface area contributed by atoms with E-state index in [4.69, 9.17) is 16.3 Å². The van der Waals surface area contributed by atoms with Gasteiger partial charge in [-0.2, -0.15) is 13.2 Å². The molecule has 0 saturated heterocycles. The average molecular weight is 639 g/mol. The summed E-state index contributed by atoms with van der Waals surface area (Å²) in [5, 5.41) is 0.518. The van der Waals surface area contributed by atoms with Gasteiger partial charge in [-0.15, -0.1) is 0 Å². The van der Waals surface area contributed by atoms with E-state index in [1.54, 1.807) is 6.07 Å². The standard InChI is InChI=1S/C28H30ClF3N4O4SSi/c1-27(2,3)42(5,6)36-13-11-22-21(10-12-33-26(22)36)25(37)24-23(15-19(29)16-34-24)35(17-40-4)41(38,39)20-9-7-8-18(14-20)28(30,31)32/h7-16H,17H2,1-6H3. The van der Waals surface area contributed by atoms with E-state index in [1.807, 2.05) is 6.20 Å².